The third-order valence-corrected chi connectivity index (χ3v) is 4.69. The summed E-state index contributed by atoms with van der Waals surface area (Å²) in [6, 6.07) is 18.9. The Labute approximate surface area is 156 Å². The summed E-state index contributed by atoms with van der Waals surface area (Å²) in [7, 11) is 0. The molecule has 128 valence electrons. The fourth-order valence-electron chi connectivity index (χ4n) is 2.54. The highest BCUT2D eigenvalue weighted by Gasteiger charge is 2.20. The molecule has 0 heterocycles. The van der Waals surface area contributed by atoms with E-state index in [2.05, 4.69) is 5.32 Å². The number of amides is 1. The Kier molecular flexibility index (Phi) is 5.47. The topological polar surface area (TPSA) is 38.3 Å². The number of rotatable bonds is 5. The summed E-state index contributed by atoms with van der Waals surface area (Å²) in [5, 5.41) is 5.67. The van der Waals surface area contributed by atoms with E-state index in [9.17, 15) is 4.79 Å². The summed E-state index contributed by atoms with van der Waals surface area (Å²) in [5.41, 5.74) is 0.472. The van der Waals surface area contributed by atoms with Crippen LogP contribution in [0.2, 0.25) is 10.0 Å². The molecular weight excluding hydrogens is 357 g/mol. The van der Waals surface area contributed by atoms with E-state index in [1.165, 1.54) is 0 Å². The second kappa shape index (κ2) is 7.77. The van der Waals surface area contributed by atoms with Gasteiger partial charge in [0.05, 0.1) is 15.7 Å². The molecular formula is C20H17Cl2NO2. The minimum absolute atomic E-state index is 0.264. The summed E-state index contributed by atoms with van der Waals surface area (Å²) < 4.78 is 5.89. The predicted molar refractivity (Wildman–Crippen MR) is 104 cm³/mol. The van der Waals surface area contributed by atoms with E-state index in [0.29, 0.717) is 27.9 Å². The average Bonchev–Trinajstić information content (AvgIpc) is 2.63. The van der Waals surface area contributed by atoms with Crippen LogP contribution >= 0.6 is 23.2 Å². The van der Waals surface area contributed by atoms with Crippen LogP contribution in [0, 0.1) is 0 Å². The second-order valence-electron chi connectivity index (χ2n) is 5.61. The van der Waals surface area contributed by atoms with Gasteiger partial charge in [0, 0.05) is 0 Å². The lowest BCUT2D eigenvalue weighted by Gasteiger charge is -2.18. The van der Waals surface area contributed by atoms with Crippen LogP contribution in [0.5, 0.6) is 5.75 Å². The lowest BCUT2D eigenvalue weighted by atomic mass is 10.1. The van der Waals surface area contributed by atoms with Crippen molar-refractivity contribution in [1.29, 1.82) is 0 Å². The largest absolute Gasteiger partial charge is 0.481 e. The number of benzene rings is 3. The first kappa shape index (κ1) is 17.6. The molecule has 1 atom stereocenters. The molecule has 3 aromatic rings. The Morgan fingerprint density at radius 2 is 1.80 bits per heavy atom. The van der Waals surface area contributed by atoms with Crippen LogP contribution in [0.15, 0.2) is 60.7 Å². The fourth-order valence-corrected chi connectivity index (χ4v) is 2.89. The zero-order valence-electron chi connectivity index (χ0n) is 13.6. The molecule has 0 aromatic heterocycles. The van der Waals surface area contributed by atoms with Gasteiger partial charge in [0.2, 0.25) is 0 Å². The fraction of sp³-hybridized carbons (Fsp3) is 0.150. The Morgan fingerprint density at radius 1 is 1.04 bits per heavy atom. The molecule has 0 fully saturated rings. The molecule has 0 aliphatic carbocycles. The molecule has 0 saturated heterocycles. The smallest absolute Gasteiger partial charge is 0.265 e. The van der Waals surface area contributed by atoms with Crippen LogP contribution in [-0.2, 0) is 4.79 Å². The van der Waals surface area contributed by atoms with Gasteiger partial charge in [0.1, 0.15) is 5.75 Å². The van der Waals surface area contributed by atoms with E-state index >= 15 is 0 Å². The Bertz CT molecular complexity index is 911. The molecule has 0 spiro atoms. The maximum atomic E-state index is 12.5. The first-order valence-electron chi connectivity index (χ1n) is 7.99. The number of hydrogen-bond acceptors (Lipinski definition) is 2. The van der Waals surface area contributed by atoms with E-state index in [1.54, 1.807) is 18.2 Å². The summed E-state index contributed by atoms with van der Waals surface area (Å²) in [4.78, 5) is 12.5. The van der Waals surface area contributed by atoms with E-state index in [-0.39, 0.29) is 5.91 Å². The third-order valence-electron chi connectivity index (χ3n) is 3.87. The molecule has 3 rings (SSSR count). The van der Waals surface area contributed by atoms with Gasteiger partial charge in [-0.2, -0.15) is 0 Å². The zero-order chi connectivity index (χ0) is 17.8. The van der Waals surface area contributed by atoms with E-state index < -0.39 is 6.10 Å². The number of nitrogens with one attached hydrogen (secondary N) is 1. The molecule has 3 nitrogen and oxygen atoms in total. The van der Waals surface area contributed by atoms with E-state index in [0.717, 1.165) is 10.8 Å². The summed E-state index contributed by atoms with van der Waals surface area (Å²) in [6.45, 7) is 1.89. The van der Waals surface area contributed by atoms with Gasteiger partial charge in [0.15, 0.2) is 6.10 Å². The Morgan fingerprint density at radius 3 is 2.56 bits per heavy atom. The Hall–Kier alpha value is -2.23. The molecule has 1 N–H and O–H groups in total. The van der Waals surface area contributed by atoms with Crippen molar-refractivity contribution in [2.24, 2.45) is 0 Å². The number of fused-ring (bicyclic) bond motifs is 1. The van der Waals surface area contributed by atoms with Crippen LogP contribution < -0.4 is 10.1 Å². The van der Waals surface area contributed by atoms with Crippen molar-refractivity contribution in [3.8, 4) is 5.75 Å². The Balaban J connectivity index is 1.76. The maximum Gasteiger partial charge on any atom is 0.265 e. The molecule has 0 unspecified atom stereocenters. The molecule has 1 amide bonds. The number of ether oxygens (including phenoxy) is 1. The van der Waals surface area contributed by atoms with Crippen molar-refractivity contribution in [1.82, 2.24) is 0 Å². The standard InChI is InChI=1S/C20H17Cl2NO2/c1-2-18(20(24)23-17-9-5-8-16(21)19(17)22)25-15-11-10-13-6-3-4-7-14(13)12-15/h3-12,18H,2H2,1H3,(H,23,24)/t18-/m1/s1. The van der Waals surface area contributed by atoms with Crippen LogP contribution in [-0.4, -0.2) is 12.0 Å². The van der Waals surface area contributed by atoms with Gasteiger partial charge in [0.25, 0.3) is 5.91 Å². The number of hydrogen-bond donors (Lipinski definition) is 1. The molecule has 0 bridgehead atoms. The highest BCUT2D eigenvalue weighted by Crippen LogP contribution is 2.30. The zero-order valence-corrected chi connectivity index (χ0v) is 15.1. The van der Waals surface area contributed by atoms with Crippen LogP contribution in [0.1, 0.15) is 13.3 Å². The first-order chi connectivity index (χ1) is 12.1. The third kappa shape index (κ3) is 4.06. The van der Waals surface area contributed by atoms with Gasteiger partial charge < -0.3 is 10.1 Å². The van der Waals surface area contributed by atoms with E-state index in [1.807, 2.05) is 49.4 Å². The molecule has 3 aromatic carbocycles. The summed E-state index contributed by atoms with van der Waals surface area (Å²) in [5.74, 6) is 0.387. The first-order valence-corrected chi connectivity index (χ1v) is 8.74. The molecule has 5 heteroatoms. The lowest BCUT2D eigenvalue weighted by Crippen LogP contribution is -2.32. The van der Waals surface area contributed by atoms with E-state index in [4.69, 9.17) is 27.9 Å². The number of halogens is 2. The monoisotopic (exact) mass is 373 g/mol. The highest BCUT2D eigenvalue weighted by molar-refractivity contribution is 6.44. The van der Waals surface area contributed by atoms with Crippen molar-refractivity contribution in [3.05, 3.63) is 70.7 Å². The van der Waals surface area contributed by atoms with Crippen LogP contribution in [0.4, 0.5) is 5.69 Å². The van der Waals surface area contributed by atoms with Gasteiger partial charge in [-0.15, -0.1) is 0 Å². The average molecular weight is 374 g/mol. The van der Waals surface area contributed by atoms with Gasteiger partial charge >= 0.3 is 0 Å². The maximum absolute atomic E-state index is 12.5. The molecule has 0 aliphatic rings. The lowest BCUT2D eigenvalue weighted by molar-refractivity contribution is -0.122. The SMILES string of the molecule is CC[C@@H](Oc1ccc2ccccc2c1)C(=O)Nc1cccc(Cl)c1Cl. The second-order valence-corrected chi connectivity index (χ2v) is 6.40. The molecule has 25 heavy (non-hydrogen) atoms. The number of anilines is 1. The van der Waals surface area contributed by atoms with Crippen molar-refractivity contribution in [2.75, 3.05) is 5.32 Å². The minimum Gasteiger partial charge on any atom is -0.481 e. The van der Waals surface area contributed by atoms with Crippen molar-refractivity contribution in [3.63, 3.8) is 0 Å². The minimum atomic E-state index is -0.629. The van der Waals surface area contributed by atoms with Gasteiger partial charge in [-0.05, 0) is 41.5 Å². The molecule has 0 saturated carbocycles. The predicted octanol–water partition coefficient (Wildman–Crippen LogP) is 5.94. The number of carbonyl (C=O) groups is 1. The molecule has 0 aliphatic heterocycles. The van der Waals surface area contributed by atoms with Crippen LogP contribution in [0.25, 0.3) is 10.8 Å². The van der Waals surface area contributed by atoms with Gasteiger partial charge in [-0.1, -0.05) is 66.5 Å². The van der Waals surface area contributed by atoms with Gasteiger partial charge in [-0.3, -0.25) is 4.79 Å². The van der Waals surface area contributed by atoms with Crippen molar-refractivity contribution < 1.29 is 9.53 Å². The highest BCUT2D eigenvalue weighted by atomic mass is 35.5. The van der Waals surface area contributed by atoms with Crippen molar-refractivity contribution >= 4 is 45.6 Å². The van der Waals surface area contributed by atoms with Crippen molar-refractivity contribution in [2.45, 2.75) is 19.4 Å². The van der Waals surface area contributed by atoms with Gasteiger partial charge in [-0.25, -0.2) is 0 Å². The summed E-state index contributed by atoms with van der Waals surface area (Å²) in [6.07, 6.45) is -0.104. The van der Waals surface area contributed by atoms with Crippen LogP contribution in [0.3, 0.4) is 0 Å². The molecule has 0 radical (unpaired) electrons. The summed E-state index contributed by atoms with van der Waals surface area (Å²) >= 11 is 12.1. The normalized spacial score (nSPS) is 12.0. The number of carbonyl (C=O) groups excluding carboxylic acids is 1. The quantitative estimate of drug-likeness (QED) is 0.600.